The number of aromatic nitrogens is 1. The first-order chi connectivity index (χ1) is 3.43. The van der Waals surface area contributed by atoms with Crippen LogP contribution in [0.15, 0.2) is 10.7 Å². The van der Waals surface area contributed by atoms with Crippen LogP contribution in [0.1, 0.15) is 5.69 Å². The van der Waals surface area contributed by atoms with Gasteiger partial charge in [-0.2, -0.15) is 0 Å². The van der Waals surface area contributed by atoms with Crippen LogP contribution in [0.4, 0.5) is 0 Å². The Balaban J connectivity index is 2.76. The normalized spacial score (nSPS) is 9.29. The first kappa shape index (κ1) is 4.33. The lowest BCUT2D eigenvalue weighted by Gasteiger charge is -1.75. The molecule has 0 aliphatic heterocycles. The van der Waals surface area contributed by atoms with E-state index in [4.69, 9.17) is 5.11 Å². The third kappa shape index (κ3) is 0.778. The molecule has 7 heavy (non-hydrogen) atoms. The van der Waals surface area contributed by atoms with Crippen molar-refractivity contribution in [3.05, 3.63) is 18.4 Å². The van der Waals surface area contributed by atoms with Crippen LogP contribution in [0.3, 0.4) is 0 Å². The van der Waals surface area contributed by atoms with Crippen molar-refractivity contribution in [2.24, 2.45) is 0 Å². The molecule has 0 fully saturated rings. The third-order valence-corrected chi connectivity index (χ3v) is 0.599. The Morgan fingerprint density at radius 2 is 2.86 bits per heavy atom. The second-order valence-corrected chi connectivity index (χ2v) is 1.09. The second kappa shape index (κ2) is 1.75. The van der Waals surface area contributed by atoms with E-state index in [1.165, 1.54) is 6.26 Å². The zero-order valence-corrected chi connectivity index (χ0v) is 3.59. The van der Waals surface area contributed by atoms with Gasteiger partial charge in [-0.05, 0) is 0 Å². The molecular weight excluding hydrogens is 94.0 g/mol. The molecule has 0 aromatic carbocycles. The van der Waals surface area contributed by atoms with E-state index in [2.05, 4.69) is 15.8 Å². The average Bonchev–Trinajstić information content (AvgIpc) is 2.14. The fourth-order valence-corrected chi connectivity index (χ4v) is 0.278. The molecule has 0 saturated heterocycles. The van der Waals surface area contributed by atoms with Crippen LogP contribution in [0.25, 0.3) is 0 Å². The molecule has 1 N–H and O–H groups in total. The minimum Gasteiger partial charge on any atom is -0.441 e. The van der Waals surface area contributed by atoms with Crippen molar-refractivity contribution in [1.29, 1.82) is 0 Å². The van der Waals surface area contributed by atoms with Crippen molar-refractivity contribution in [2.45, 2.75) is 6.61 Å². The smallest absolute Gasteiger partial charge is 0.283 e. The van der Waals surface area contributed by atoms with Crippen molar-refractivity contribution in [2.75, 3.05) is 0 Å². The lowest BCUT2D eigenvalue weighted by Crippen LogP contribution is -1.77. The number of aliphatic hydroxyl groups is 1. The van der Waals surface area contributed by atoms with Gasteiger partial charge in [0.05, 0.1) is 6.61 Å². The van der Waals surface area contributed by atoms with Crippen molar-refractivity contribution >= 4 is 0 Å². The van der Waals surface area contributed by atoms with Crippen LogP contribution < -0.4 is 0 Å². The molecule has 0 aliphatic rings. The van der Waals surface area contributed by atoms with Gasteiger partial charge in [0.1, 0.15) is 12.0 Å². The maximum absolute atomic E-state index is 8.28. The summed E-state index contributed by atoms with van der Waals surface area (Å²) in [6.45, 7) is -0.0764. The molecule has 0 bridgehead atoms. The van der Waals surface area contributed by atoms with Gasteiger partial charge < -0.3 is 9.52 Å². The summed E-state index contributed by atoms with van der Waals surface area (Å²) in [5.41, 5.74) is 0.514. The van der Waals surface area contributed by atoms with E-state index < -0.39 is 0 Å². The predicted octanol–water partition coefficient (Wildman–Crippen LogP) is -0.0329. The van der Waals surface area contributed by atoms with E-state index >= 15 is 0 Å². The number of oxazole rings is 1. The summed E-state index contributed by atoms with van der Waals surface area (Å²) in [6, 6.07) is 0. The van der Waals surface area contributed by atoms with Crippen LogP contribution in [0.2, 0.25) is 0 Å². The number of aliphatic hydroxyl groups excluding tert-OH is 1. The van der Waals surface area contributed by atoms with Crippen LogP contribution >= 0.6 is 0 Å². The van der Waals surface area contributed by atoms with Gasteiger partial charge in [0.15, 0.2) is 0 Å². The Kier molecular flexibility index (Phi) is 1.08. The number of nitrogens with zero attached hydrogens (tertiary/aromatic N) is 1. The lowest BCUT2D eigenvalue weighted by atomic mass is 10.5. The highest BCUT2D eigenvalue weighted by Gasteiger charge is 1.88. The fourth-order valence-electron chi connectivity index (χ4n) is 0.278. The van der Waals surface area contributed by atoms with Crippen molar-refractivity contribution in [1.82, 2.24) is 4.98 Å². The Labute approximate surface area is 40.6 Å². The molecule has 0 aliphatic carbocycles. The largest absolute Gasteiger partial charge is 0.441 e. The van der Waals surface area contributed by atoms with Gasteiger partial charge in [-0.3, -0.25) is 0 Å². The monoisotopic (exact) mass is 98.0 g/mol. The van der Waals surface area contributed by atoms with Gasteiger partial charge in [0, 0.05) is 0 Å². The zero-order valence-electron chi connectivity index (χ0n) is 3.59. The summed E-state index contributed by atoms with van der Waals surface area (Å²) in [7, 11) is 0. The summed E-state index contributed by atoms with van der Waals surface area (Å²) in [6.07, 6.45) is 3.54. The molecule has 1 radical (unpaired) electrons. The Bertz CT molecular complexity index is 124. The predicted molar refractivity (Wildman–Crippen MR) is 21.3 cm³/mol. The fraction of sp³-hybridized carbons (Fsp3) is 0.250. The summed E-state index contributed by atoms with van der Waals surface area (Å²) in [4.78, 5) is 3.49. The molecule has 1 aromatic rings. The molecule has 1 rings (SSSR count). The molecule has 1 heterocycles. The minimum absolute atomic E-state index is 0.0764. The molecule has 0 amide bonds. The second-order valence-electron chi connectivity index (χ2n) is 1.09. The van der Waals surface area contributed by atoms with E-state index in [0.717, 1.165) is 0 Å². The van der Waals surface area contributed by atoms with E-state index in [9.17, 15) is 0 Å². The maximum atomic E-state index is 8.28. The van der Waals surface area contributed by atoms with E-state index in [1.807, 2.05) is 0 Å². The Morgan fingerprint density at radius 1 is 2.00 bits per heavy atom. The van der Waals surface area contributed by atoms with Crippen molar-refractivity contribution in [3.8, 4) is 0 Å². The first-order valence-corrected chi connectivity index (χ1v) is 1.85. The molecule has 0 unspecified atom stereocenters. The number of hydrogen-bond acceptors (Lipinski definition) is 3. The van der Waals surface area contributed by atoms with Gasteiger partial charge in [-0.1, -0.05) is 0 Å². The highest BCUT2D eigenvalue weighted by Crippen LogP contribution is 1.89. The lowest BCUT2D eigenvalue weighted by molar-refractivity contribution is 0.276. The average molecular weight is 98.1 g/mol. The highest BCUT2D eigenvalue weighted by atomic mass is 16.3. The number of rotatable bonds is 1. The summed E-state index contributed by atoms with van der Waals surface area (Å²) in [5.74, 6) is 0. The molecule has 0 saturated carbocycles. The minimum atomic E-state index is -0.0764. The third-order valence-electron chi connectivity index (χ3n) is 0.599. The van der Waals surface area contributed by atoms with Gasteiger partial charge in [-0.25, -0.2) is 4.98 Å². The maximum Gasteiger partial charge on any atom is 0.283 e. The molecule has 0 spiro atoms. The van der Waals surface area contributed by atoms with Gasteiger partial charge in [-0.15, -0.1) is 0 Å². The summed E-state index contributed by atoms with van der Waals surface area (Å²) in [5, 5.41) is 8.28. The van der Waals surface area contributed by atoms with E-state index in [-0.39, 0.29) is 6.61 Å². The SMILES string of the molecule is OCc1co[c]n1. The van der Waals surface area contributed by atoms with Crippen LogP contribution in [-0.4, -0.2) is 10.1 Å². The van der Waals surface area contributed by atoms with Crippen molar-refractivity contribution in [3.63, 3.8) is 0 Å². The van der Waals surface area contributed by atoms with Crippen molar-refractivity contribution < 1.29 is 9.52 Å². The molecule has 37 valence electrons. The number of hydrogen-bond donors (Lipinski definition) is 1. The van der Waals surface area contributed by atoms with Gasteiger partial charge >= 0.3 is 0 Å². The van der Waals surface area contributed by atoms with E-state index in [0.29, 0.717) is 5.69 Å². The highest BCUT2D eigenvalue weighted by molar-refractivity contribution is 4.85. The van der Waals surface area contributed by atoms with Crippen LogP contribution in [-0.2, 0) is 6.61 Å². The first-order valence-electron chi connectivity index (χ1n) is 1.85. The molecule has 0 atom stereocenters. The zero-order chi connectivity index (χ0) is 5.11. The summed E-state index contributed by atoms with van der Waals surface area (Å²) >= 11 is 0. The Hall–Kier alpha value is -0.830. The van der Waals surface area contributed by atoms with Crippen LogP contribution in [0.5, 0.6) is 0 Å². The molecule has 3 heteroatoms. The van der Waals surface area contributed by atoms with Gasteiger partial charge in [0.25, 0.3) is 6.39 Å². The van der Waals surface area contributed by atoms with Gasteiger partial charge in [0.2, 0.25) is 0 Å². The Morgan fingerprint density at radius 3 is 3.14 bits per heavy atom. The molecule has 3 nitrogen and oxygen atoms in total. The topological polar surface area (TPSA) is 46.3 Å². The molecular formula is C4H4NO2. The molecule has 1 aromatic heterocycles. The quantitative estimate of drug-likeness (QED) is 0.536. The standard InChI is InChI=1S/C4H4NO2/c6-1-4-2-7-3-5-4/h2,6H,1H2. The summed E-state index contributed by atoms with van der Waals surface area (Å²) < 4.78 is 4.41. The van der Waals surface area contributed by atoms with Crippen LogP contribution in [0, 0.1) is 6.39 Å². The van der Waals surface area contributed by atoms with E-state index in [1.54, 1.807) is 0 Å².